The van der Waals surface area contributed by atoms with Crippen LogP contribution in [0.4, 0.5) is 4.39 Å². The lowest BCUT2D eigenvalue weighted by Gasteiger charge is -2.17. The van der Waals surface area contributed by atoms with Crippen molar-refractivity contribution in [1.29, 1.82) is 0 Å². The number of aryl methyl sites for hydroxylation is 2. The third-order valence-corrected chi connectivity index (χ3v) is 3.42. The van der Waals surface area contributed by atoms with Crippen LogP contribution in [0, 0.1) is 19.7 Å². The molecule has 2 aromatic rings. The van der Waals surface area contributed by atoms with Gasteiger partial charge in [-0.1, -0.05) is 5.16 Å². The Kier molecular flexibility index (Phi) is 4.39. The second kappa shape index (κ2) is 6.05. The molecule has 0 saturated heterocycles. The van der Waals surface area contributed by atoms with Crippen LogP contribution in [-0.4, -0.2) is 12.3 Å². The Hall–Kier alpha value is -1.88. The predicted octanol–water partition coefficient (Wildman–Crippen LogP) is 3.29. The molecule has 0 radical (unpaired) electrons. The van der Waals surface area contributed by atoms with Crippen LogP contribution in [-0.2, 0) is 6.54 Å². The molecule has 0 spiro atoms. The van der Waals surface area contributed by atoms with Gasteiger partial charge in [-0.3, -0.25) is 0 Å². The Morgan fingerprint density at radius 1 is 1.40 bits per heavy atom. The monoisotopic (exact) mass is 278 g/mol. The van der Waals surface area contributed by atoms with Gasteiger partial charge in [0, 0.05) is 23.7 Å². The first-order chi connectivity index (χ1) is 9.52. The smallest absolute Gasteiger partial charge is 0.138 e. The van der Waals surface area contributed by atoms with Gasteiger partial charge in [0.1, 0.15) is 17.3 Å². The zero-order chi connectivity index (χ0) is 14.7. The van der Waals surface area contributed by atoms with E-state index in [0.717, 1.165) is 22.6 Å². The highest BCUT2D eigenvalue weighted by Crippen LogP contribution is 2.26. The van der Waals surface area contributed by atoms with E-state index >= 15 is 0 Å². The van der Waals surface area contributed by atoms with Crippen LogP contribution in [0.15, 0.2) is 22.7 Å². The lowest BCUT2D eigenvalue weighted by atomic mass is 10.1. The molecule has 20 heavy (non-hydrogen) atoms. The number of aromatic nitrogens is 1. The minimum absolute atomic E-state index is 0.0469. The summed E-state index contributed by atoms with van der Waals surface area (Å²) in [7, 11) is 1.58. The number of nitrogens with one attached hydrogen (secondary N) is 1. The van der Waals surface area contributed by atoms with Crippen LogP contribution in [0.25, 0.3) is 0 Å². The molecule has 0 saturated carbocycles. The Morgan fingerprint density at radius 3 is 2.75 bits per heavy atom. The summed E-state index contributed by atoms with van der Waals surface area (Å²) in [6, 6.07) is 4.47. The molecule has 0 amide bonds. The highest BCUT2D eigenvalue weighted by molar-refractivity contribution is 5.36. The van der Waals surface area contributed by atoms with E-state index in [1.165, 1.54) is 12.1 Å². The van der Waals surface area contributed by atoms with E-state index in [-0.39, 0.29) is 11.9 Å². The van der Waals surface area contributed by atoms with Gasteiger partial charge in [-0.15, -0.1) is 0 Å². The molecule has 108 valence electrons. The average molecular weight is 278 g/mol. The molecule has 5 heteroatoms. The van der Waals surface area contributed by atoms with E-state index in [9.17, 15) is 4.39 Å². The van der Waals surface area contributed by atoms with Crippen molar-refractivity contribution in [3.05, 3.63) is 46.6 Å². The van der Waals surface area contributed by atoms with Crippen LogP contribution in [0.5, 0.6) is 5.75 Å². The minimum atomic E-state index is -0.271. The van der Waals surface area contributed by atoms with Gasteiger partial charge >= 0.3 is 0 Å². The SMILES string of the molecule is COc1ccc(F)cc1C(C)NCc1c(C)noc1C. The lowest BCUT2D eigenvalue weighted by Crippen LogP contribution is -2.19. The van der Waals surface area contributed by atoms with E-state index in [1.807, 2.05) is 20.8 Å². The second-order valence-corrected chi connectivity index (χ2v) is 4.79. The fraction of sp³-hybridized carbons (Fsp3) is 0.400. The molecule has 0 aliphatic carbocycles. The topological polar surface area (TPSA) is 47.3 Å². The van der Waals surface area contributed by atoms with Crippen molar-refractivity contribution in [3.63, 3.8) is 0 Å². The fourth-order valence-electron chi connectivity index (χ4n) is 2.16. The number of nitrogens with zero attached hydrogens (tertiary/aromatic N) is 1. The standard InChI is InChI=1S/C15H19FN2O2/c1-9(13-7-12(16)5-6-15(13)19-4)17-8-14-10(2)18-20-11(14)3/h5-7,9,17H,8H2,1-4H3. The van der Waals surface area contributed by atoms with Crippen molar-refractivity contribution in [2.75, 3.05) is 7.11 Å². The van der Waals surface area contributed by atoms with Gasteiger partial charge in [-0.2, -0.15) is 0 Å². The van der Waals surface area contributed by atoms with Gasteiger partial charge in [-0.25, -0.2) is 4.39 Å². The quantitative estimate of drug-likeness (QED) is 0.911. The first kappa shape index (κ1) is 14.5. The molecule has 1 atom stereocenters. The normalized spacial score (nSPS) is 12.4. The van der Waals surface area contributed by atoms with Crippen molar-refractivity contribution in [2.24, 2.45) is 0 Å². The maximum absolute atomic E-state index is 13.4. The highest BCUT2D eigenvalue weighted by atomic mass is 19.1. The summed E-state index contributed by atoms with van der Waals surface area (Å²) in [4.78, 5) is 0. The van der Waals surface area contributed by atoms with Gasteiger partial charge in [0.2, 0.25) is 0 Å². The summed E-state index contributed by atoms with van der Waals surface area (Å²) in [6.45, 7) is 6.36. The molecule has 1 N–H and O–H groups in total. The number of rotatable bonds is 5. The molecule has 1 heterocycles. The Labute approximate surface area is 117 Å². The molecule has 1 aromatic carbocycles. The molecule has 0 aliphatic heterocycles. The van der Waals surface area contributed by atoms with Gasteiger partial charge in [0.05, 0.1) is 12.8 Å². The summed E-state index contributed by atoms with van der Waals surface area (Å²) < 4.78 is 23.8. The van der Waals surface area contributed by atoms with Gasteiger partial charge in [0.25, 0.3) is 0 Å². The molecule has 0 fully saturated rings. The van der Waals surface area contributed by atoms with E-state index in [4.69, 9.17) is 9.26 Å². The number of ether oxygens (including phenoxy) is 1. The molecular formula is C15H19FN2O2. The van der Waals surface area contributed by atoms with Crippen LogP contribution in [0.3, 0.4) is 0 Å². The maximum atomic E-state index is 13.4. The number of halogens is 1. The van der Waals surface area contributed by atoms with E-state index in [1.54, 1.807) is 13.2 Å². The molecule has 4 nitrogen and oxygen atoms in total. The molecule has 1 aromatic heterocycles. The summed E-state index contributed by atoms with van der Waals surface area (Å²) >= 11 is 0. The van der Waals surface area contributed by atoms with Crippen LogP contribution in [0.2, 0.25) is 0 Å². The maximum Gasteiger partial charge on any atom is 0.138 e. The Morgan fingerprint density at radius 2 is 2.15 bits per heavy atom. The minimum Gasteiger partial charge on any atom is -0.496 e. The molecular weight excluding hydrogens is 259 g/mol. The zero-order valence-corrected chi connectivity index (χ0v) is 12.2. The van der Waals surface area contributed by atoms with Gasteiger partial charge in [-0.05, 0) is 39.0 Å². The molecule has 0 aliphatic rings. The molecule has 1 unspecified atom stereocenters. The number of hydrogen-bond acceptors (Lipinski definition) is 4. The van der Waals surface area contributed by atoms with Gasteiger partial charge in [0.15, 0.2) is 0 Å². The number of hydrogen-bond donors (Lipinski definition) is 1. The molecule has 0 bridgehead atoms. The van der Waals surface area contributed by atoms with Crippen molar-refractivity contribution in [3.8, 4) is 5.75 Å². The largest absolute Gasteiger partial charge is 0.496 e. The van der Waals surface area contributed by atoms with Crippen molar-refractivity contribution in [1.82, 2.24) is 10.5 Å². The van der Waals surface area contributed by atoms with Gasteiger partial charge < -0.3 is 14.6 Å². The summed E-state index contributed by atoms with van der Waals surface area (Å²) in [6.07, 6.45) is 0. The molecule has 2 rings (SSSR count). The summed E-state index contributed by atoms with van der Waals surface area (Å²) in [5.74, 6) is 1.20. The third-order valence-electron chi connectivity index (χ3n) is 3.42. The Balaban J connectivity index is 2.12. The highest BCUT2D eigenvalue weighted by Gasteiger charge is 2.14. The van der Waals surface area contributed by atoms with E-state index in [0.29, 0.717) is 12.3 Å². The summed E-state index contributed by atoms with van der Waals surface area (Å²) in [5.41, 5.74) is 2.69. The van der Waals surface area contributed by atoms with E-state index in [2.05, 4.69) is 10.5 Å². The van der Waals surface area contributed by atoms with Crippen molar-refractivity contribution < 1.29 is 13.7 Å². The number of methoxy groups -OCH3 is 1. The average Bonchev–Trinajstić information content (AvgIpc) is 2.75. The predicted molar refractivity (Wildman–Crippen MR) is 74.2 cm³/mol. The van der Waals surface area contributed by atoms with Crippen LogP contribution in [0.1, 0.15) is 35.5 Å². The van der Waals surface area contributed by atoms with E-state index < -0.39 is 0 Å². The van der Waals surface area contributed by atoms with Crippen LogP contribution < -0.4 is 10.1 Å². The fourth-order valence-corrected chi connectivity index (χ4v) is 2.16. The zero-order valence-electron chi connectivity index (χ0n) is 12.2. The second-order valence-electron chi connectivity index (χ2n) is 4.79. The van der Waals surface area contributed by atoms with Crippen LogP contribution >= 0.6 is 0 Å². The summed E-state index contributed by atoms with van der Waals surface area (Å²) in [5, 5.41) is 7.25. The third kappa shape index (κ3) is 2.99. The first-order valence-electron chi connectivity index (χ1n) is 6.51. The first-order valence-corrected chi connectivity index (χ1v) is 6.51. The Bertz CT molecular complexity index is 576. The lowest BCUT2D eigenvalue weighted by molar-refractivity contribution is 0.390. The van der Waals surface area contributed by atoms with Crippen molar-refractivity contribution >= 4 is 0 Å². The number of benzene rings is 1. The van der Waals surface area contributed by atoms with Crippen molar-refractivity contribution in [2.45, 2.75) is 33.4 Å².